The van der Waals surface area contributed by atoms with Crippen LogP contribution < -0.4 is 0 Å². The van der Waals surface area contributed by atoms with Crippen molar-refractivity contribution in [3.8, 4) is 11.8 Å². The zero-order chi connectivity index (χ0) is 51.5. The molecule has 23 unspecified atom stereocenters. The van der Waals surface area contributed by atoms with E-state index in [1.165, 1.54) is 26.9 Å². The summed E-state index contributed by atoms with van der Waals surface area (Å²) in [6.45, 7) is 11.5. The maximum atomic E-state index is 13.8. The fourth-order valence-electron chi connectivity index (χ4n) is 19.8. The monoisotopic (exact) mass is 1020 g/mol. The smallest absolute Gasteiger partial charge is 0.317 e. The number of aliphatic hydroxyl groups is 1. The first-order valence-electron chi connectivity index (χ1n) is 28.1. The summed E-state index contributed by atoms with van der Waals surface area (Å²) < 4.78 is 39.7. The summed E-state index contributed by atoms with van der Waals surface area (Å²) in [6, 6.07) is 0. The highest BCUT2D eigenvalue weighted by atomic mass is 16.6. The largest absolute Gasteiger partial charge is 0.494 e. The van der Waals surface area contributed by atoms with E-state index in [4.69, 9.17) is 28.4 Å². The molecular weight excluding hydrogens is 951 g/mol. The van der Waals surface area contributed by atoms with Crippen molar-refractivity contribution < 1.29 is 72.8 Å². The number of carbonyl (C=O) groups excluding carboxylic acids is 4. The van der Waals surface area contributed by atoms with E-state index >= 15 is 0 Å². The molecule has 1 aromatic heterocycles. The number of aromatic hydroxyl groups is 2. The van der Waals surface area contributed by atoms with Crippen LogP contribution in [0.5, 0.6) is 11.8 Å². The highest BCUT2D eigenvalue weighted by Gasteiger charge is 2.71. The molecular formula is C58H71NO15. The Bertz CT molecular complexity index is 2780. The third-order valence-electron chi connectivity index (χ3n) is 22.3. The number of carboxylic acids is 1. The molecule has 398 valence electrons. The summed E-state index contributed by atoms with van der Waals surface area (Å²) in [4.78, 5) is 65.9. The summed E-state index contributed by atoms with van der Waals surface area (Å²) in [5, 5.41) is 43.9. The zero-order valence-electron chi connectivity index (χ0n) is 43.2. The molecule has 6 aliphatic carbocycles. The Morgan fingerprint density at radius 3 is 1.64 bits per heavy atom. The van der Waals surface area contributed by atoms with Crippen molar-refractivity contribution in [1.82, 2.24) is 4.57 Å². The number of carboxylic acid groups (broad SMARTS) is 1. The molecule has 74 heavy (non-hydrogen) atoms. The van der Waals surface area contributed by atoms with Crippen molar-refractivity contribution in [2.45, 2.75) is 155 Å². The number of nitrogens with zero attached hydrogens (tertiary/aromatic N) is 1. The first-order chi connectivity index (χ1) is 35.4. The van der Waals surface area contributed by atoms with E-state index in [0.717, 1.165) is 43.3 Å². The van der Waals surface area contributed by atoms with Crippen LogP contribution in [0.3, 0.4) is 0 Å². The number of fused-ring (bicyclic) bond motifs is 27. The maximum Gasteiger partial charge on any atom is 0.317 e. The van der Waals surface area contributed by atoms with E-state index in [0.29, 0.717) is 42.2 Å². The fourth-order valence-corrected chi connectivity index (χ4v) is 19.8. The van der Waals surface area contributed by atoms with Crippen LogP contribution in [0.1, 0.15) is 104 Å². The molecule has 13 aliphatic rings. The van der Waals surface area contributed by atoms with Gasteiger partial charge in [-0.05, 0) is 197 Å². The Labute approximate surface area is 430 Å². The number of aromatic nitrogens is 1. The van der Waals surface area contributed by atoms with Gasteiger partial charge in [0.15, 0.2) is 11.8 Å². The average Bonchev–Trinajstić information content (AvgIpc) is 4.19. The molecule has 4 N–H and O–H groups in total. The van der Waals surface area contributed by atoms with E-state index < -0.39 is 47.4 Å². The van der Waals surface area contributed by atoms with Crippen LogP contribution in [0.15, 0.2) is 33.4 Å². The molecule has 1 aromatic rings. The van der Waals surface area contributed by atoms with Crippen LogP contribution >= 0.6 is 0 Å². The number of carbonyl (C=O) groups is 5. The molecule has 0 aromatic carbocycles. The van der Waals surface area contributed by atoms with E-state index in [9.17, 15) is 44.4 Å². The van der Waals surface area contributed by atoms with Gasteiger partial charge in [-0.3, -0.25) is 28.5 Å². The molecule has 4 saturated heterocycles. The van der Waals surface area contributed by atoms with Crippen LogP contribution in [-0.4, -0.2) is 110 Å². The number of rotatable bonds is 14. The molecule has 10 fully saturated rings. The van der Waals surface area contributed by atoms with E-state index in [2.05, 4.69) is 6.92 Å². The van der Waals surface area contributed by atoms with Crippen molar-refractivity contribution in [3.05, 3.63) is 44.6 Å². The summed E-state index contributed by atoms with van der Waals surface area (Å²) in [5.74, 6) is -3.04. The second-order valence-corrected chi connectivity index (χ2v) is 26.2. The van der Waals surface area contributed by atoms with Crippen molar-refractivity contribution in [2.24, 2.45) is 101 Å². The minimum atomic E-state index is -0.848. The normalized spacial score (nSPS) is 45.0. The van der Waals surface area contributed by atoms with E-state index in [1.54, 1.807) is 6.92 Å². The predicted octanol–water partition coefficient (Wildman–Crippen LogP) is 6.00. The summed E-state index contributed by atoms with van der Waals surface area (Å²) in [5.41, 5.74) is 7.44. The highest BCUT2D eigenvalue weighted by molar-refractivity contribution is 5.96. The zero-order valence-corrected chi connectivity index (χ0v) is 43.2. The lowest BCUT2D eigenvalue weighted by atomic mass is 9.61. The molecule has 6 saturated carbocycles. The summed E-state index contributed by atoms with van der Waals surface area (Å²) >= 11 is 0. The van der Waals surface area contributed by atoms with Crippen LogP contribution in [0, 0.1) is 101 Å². The number of aliphatic carboxylic acids is 1. The highest BCUT2D eigenvalue weighted by Crippen LogP contribution is 2.71. The Balaban J connectivity index is 0.865. The molecule has 23 atom stereocenters. The topological polar surface area (TPSA) is 227 Å². The lowest BCUT2D eigenvalue weighted by Gasteiger charge is -2.40. The maximum absolute atomic E-state index is 13.8. The summed E-state index contributed by atoms with van der Waals surface area (Å²) in [7, 11) is 0. The van der Waals surface area contributed by atoms with E-state index in [1.807, 2.05) is 27.7 Å². The Morgan fingerprint density at radius 1 is 0.635 bits per heavy atom. The van der Waals surface area contributed by atoms with Gasteiger partial charge >= 0.3 is 29.8 Å². The van der Waals surface area contributed by atoms with Crippen molar-refractivity contribution in [3.63, 3.8) is 0 Å². The van der Waals surface area contributed by atoms with Gasteiger partial charge in [-0.15, -0.1) is 0 Å². The SMILES string of the molecule is CCn1c(O)c(CC2=C(CC3=C(CC4=C(C)C5OC4C4C6CC(CC6C(=O)OC(C)(C)C)C54)C4OC3C3C5CC(CC5C(=O)OCCO)C43)C3OC2C2C4CC(CC4C(=O)O)C32)c(CC2C(=O)OC(=O)C2C)c1O. The number of ether oxygens (including phenoxy) is 6. The molecule has 14 rings (SSSR count). The third-order valence-corrected chi connectivity index (χ3v) is 22.3. The molecule has 0 spiro atoms. The molecule has 0 amide bonds. The van der Waals surface area contributed by atoms with Gasteiger partial charge in [0.1, 0.15) is 12.2 Å². The quantitative estimate of drug-likeness (QED) is 0.0726. The number of hydrogen-bond donors (Lipinski definition) is 4. The fraction of sp³-hybridized carbons (Fsp3) is 0.741. The molecule has 16 heteroatoms. The number of esters is 4. The van der Waals surface area contributed by atoms with Crippen LogP contribution in [-0.2, 0) is 71.8 Å². The van der Waals surface area contributed by atoms with E-state index in [-0.39, 0.29) is 158 Å². The first kappa shape index (κ1) is 47.9. The van der Waals surface area contributed by atoms with Gasteiger partial charge in [-0.1, -0.05) is 6.92 Å². The second-order valence-electron chi connectivity index (χ2n) is 26.2. The summed E-state index contributed by atoms with van der Waals surface area (Å²) in [6.07, 6.45) is 5.10. The molecule has 0 radical (unpaired) electrons. The Morgan fingerprint density at radius 2 is 1.11 bits per heavy atom. The van der Waals surface area contributed by atoms with Crippen molar-refractivity contribution >= 4 is 29.8 Å². The number of hydrogen-bond acceptors (Lipinski definition) is 14. The third kappa shape index (κ3) is 6.49. The van der Waals surface area contributed by atoms with Gasteiger partial charge in [0.25, 0.3) is 0 Å². The van der Waals surface area contributed by atoms with Crippen LogP contribution in [0.2, 0.25) is 0 Å². The van der Waals surface area contributed by atoms with Gasteiger partial charge < -0.3 is 48.8 Å². The van der Waals surface area contributed by atoms with Gasteiger partial charge in [0, 0.05) is 24.1 Å². The molecule has 8 heterocycles. The van der Waals surface area contributed by atoms with Gasteiger partial charge in [0.2, 0.25) is 0 Å². The average molecular weight is 1020 g/mol. The van der Waals surface area contributed by atoms with Gasteiger partial charge in [-0.25, -0.2) is 0 Å². The molecule has 12 bridgehead atoms. The minimum Gasteiger partial charge on any atom is -0.494 e. The Kier molecular flexibility index (Phi) is 10.7. The molecule has 16 nitrogen and oxygen atoms in total. The van der Waals surface area contributed by atoms with Crippen molar-refractivity contribution in [2.75, 3.05) is 13.2 Å². The lowest BCUT2D eigenvalue weighted by Crippen LogP contribution is -2.42. The number of aliphatic hydroxyl groups excluding tert-OH is 1. The minimum absolute atomic E-state index is 0.00995. The van der Waals surface area contributed by atoms with Crippen molar-refractivity contribution in [1.29, 1.82) is 0 Å². The standard InChI is InChI=1S/C58H71NO15/c1-7-59-51(61)34(17-26-21(3)54(65)73-56(26)67)35(52(59)62)19-33-31(48-40-22-10-27(36(13-22)53(63)64)42(40)50(33)72-48)18-32-30(47-41-24-12-28(44(41)49(32)71-47)37(14-24)55(66)69-9-8-60)16-25-20(2)45-39-23-11-29(43(39)46(25)70-45)38(15-23)57(68)74-58(4,5)6/h21-24,26-29,36-50,60-62H,7-19H2,1-6H3,(H,63,64). The second kappa shape index (κ2) is 16.5. The molecule has 7 aliphatic heterocycles. The lowest BCUT2D eigenvalue weighted by molar-refractivity contribution is -0.163. The van der Waals surface area contributed by atoms with Gasteiger partial charge in [0.05, 0.1) is 72.8 Å². The predicted molar refractivity (Wildman–Crippen MR) is 258 cm³/mol. The van der Waals surface area contributed by atoms with Crippen LogP contribution in [0.25, 0.3) is 0 Å². The number of cyclic esters (lactones) is 2. The van der Waals surface area contributed by atoms with Gasteiger partial charge in [-0.2, -0.15) is 0 Å². The first-order valence-corrected chi connectivity index (χ1v) is 28.1. The van der Waals surface area contributed by atoms with Crippen LogP contribution in [0.4, 0.5) is 0 Å². The Hall–Kier alpha value is -4.51.